The van der Waals surface area contributed by atoms with Gasteiger partial charge in [0.2, 0.25) is 0 Å². The molecule has 0 N–H and O–H groups in total. The Morgan fingerprint density at radius 3 is 2.43 bits per heavy atom. The van der Waals surface area contributed by atoms with Gasteiger partial charge in [0.25, 0.3) is 5.52 Å². The summed E-state index contributed by atoms with van der Waals surface area (Å²) < 4.78 is 12.1. The number of pyridine rings is 1. The minimum absolute atomic E-state index is 0.00856. The van der Waals surface area contributed by atoms with Crippen LogP contribution >= 0.6 is 37.2 Å². The molecule has 0 unspecified atom stereocenters. The van der Waals surface area contributed by atoms with Crippen molar-refractivity contribution in [2.75, 3.05) is 14.2 Å². The van der Waals surface area contributed by atoms with E-state index in [1.54, 1.807) is 29.9 Å². The van der Waals surface area contributed by atoms with Gasteiger partial charge in [0, 0.05) is 6.07 Å². The molecule has 0 atom stereocenters. The number of hydrogen-bond donors (Lipinski definition) is 0. The van der Waals surface area contributed by atoms with E-state index in [2.05, 4.69) is 37.2 Å². The Balaban J connectivity index is 0.000000677. The SMILES string of the molecule is COc1cc([N+](=O)[O-])c2c(ccc[n+]2C)c1OC.I[I-]I. The number of nitro benzene ring substituents is 1. The number of hydrogen-bond acceptors (Lipinski definition) is 4. The van der Waals surface area contributed by atoms with Crippen LogP contribution in [0.4, 0.5) is 5.69 Å². The first-order chi connectivity index (χ1) is 10.0. The first-order valence-electron chi connectivity index (χ1n) is 5.56. The molecular formula is C12H13I3N2O4. The van der Waals surface area contributed by atoms with Crippen LogP contribution in [0.25, 0.3) is 10.9 Å². The number of ether oxygens (including phenoxy) is 2. The van der Waals surface area contributed by atoms with Gasteiger partial charge < -0.3 is 9.47 Å². The van der Waals surface area contributed by atoms with Gasteiger partial charge in [-0.1, -0.05) is 0 Å². The second-order valence-corrected chi connectivity index (χ2v) is 20.1. The van der Waals surface area contributed by atoms with Crippen LogP contribution < -0.4 is 27.3 Å². The first kappa shape index (κ1) is 18.9. The van der Waals surface area contributed by atoms with Gasteiger partial charge in [-0.05, 0) is 6.07 Å². The van der Waals surface area contributed by atoms with Crippen LogP contribution in [0, 0.1) is 10.1 Å². The molecule has 1 aromatic heterocycles. The number of nitrogens with zero attached hydrogens (tertiary/aromatic N) is 2. The van der Waals surface area contributed by atoms with E-state index in [4.69, 9.17) is 9.47 Å². The zero-order valence-electron chi connectivity index (χ0n) is 11.5. The molecule has 2 aromatic rings. The fraction of sp³-hybridized carbons (Fsp3) is 0.250. The summed E-state index contributed by atoms with van der Waals surface area (Å²) in [5, 5.41) is 11.8. The fourth-order valence-corrected chi connectivity index (χ4v) is 2.01. The molecule has 0 bridgehead atoms. The number of aryl methyl sites for hydroxylation is 1. The number of nitro groups is 1. The summed E-state index contributed by atoms with van der Waals surface area (Å²) in [6, 6.07) is 4.94. The Hall–Kier alpha value is -0.180. The predicted molar refractivity (Wildman–Crippen MR) is 92.9 cm³/mol. The maximum absolute atomic E-state index is 11.1. The molecule has 2 rings (SSSR count). The van der Waals surface area contributed by atoms with E-state index in [9.17, 15) is 10.1 Å². The van der Waals surface area contributed by atoms with Gasteiger partial charge in [-0.15, -0.1) is 0 Å². The van der Waals surface area contributed by atoms with Crippen molar-refractivity contribution >= 4 is 53.8 Å². The van der Waals surface area contributed by atoms with E-state index in [1.165, 1.54) is 20.3 Å². The Kier molecular flexibility index (Phi) is 8.15. The average Bonchev–Trinajstić information content (AvgIpc) is 2.46. The predicted octanol–water partition coefficient (Wildman–Crippen LogP) is 0.365. The molecule has 0 amide bonds. The van der Waals surface area contributed by atoms with Crippen molar-refractivity contribution in [2.24, 2.45) is 7.05 Å². The molecule has 0 radical (unpaired) electrons. The molecule has 0 aliphatic carbocycles. The summed E-state index contributed by atoms with van der Waals surface area (Å²) in [7, 11) is 4.72. The Morgan fingerprint density at radius 2 is 1.95 bits per heavy atom. The normalized spacial score (nSPS) is 9.95. The maximum atomic E-state index is 11.1. The number of halogens is 3. The molecule has 0 spiro atoms. The van der Waals surface area contributed by atoms with E-state index >= 15 is 0 Å². The molecule has 0 saturated carbocycles. The first-order valence-corrected chi connectivity index (χ1v) is 18.1. The standard InChI is InChI=1S/C12H13N2O4.I3/c1-13-6-4-5-8-11(13)9(14(15)16)7-10(17-2)12(8)18-3;1-3-2/h4-7H,1-3H3;/q+1;-1. The second-order valence-electron chi connectivity index (χ2n) is 3.82. The van der Waals surface area contributed by atoms with Gasteiger partial charge in [0.1, 0.15) is 7.05 Å². The Labute approximate surface area is 152 Å². The minimum atomic E-state index is -0.426. The molecule has 1 aromatic carbocycles. The zero-order chi connectivity index (χ0) is 16.0. The van der Waals surface area contributed by atoms with Crippen LogP contribution in [0.3, 0.4) is 0 Å². The fourth-order valence-electron chi connectivity index (χ4n) is 2.01. The van der Waals surface area contributed by atoms with E-state index < -0.39 is 4.92 Å². The van der Waals surface area contributed by atoms with Crippen molar-refractivity contribution in [1.29, 1.82) is 0 Å². The van der Waals surface area contributed by atoms with E-state index in [1.807, 2.05) is 0 Å². The summed E-state index contributed by atoms with van der Waals surface area (Å²) in [5.74, 6) is 0.845. The molecule has 0 fully saturated rings. The van der Waals surface area contributed by atoms with Gasteiger partial charge >= 0.3 is 56.2 Å². The van der Waals surface area contributed by atoms with E-state index in [0.717, 1.165) is 0 Å². The van der Waals surface area contributed by atoms with Crippen LogP contribution in [0.5, 0.6) is 11.5 Å². The third-order valence-corrected chi connectivity index (χ3v) is 2.78. The summed E-state index contributed by atoms with van der Waals surface area (Å²) >= 11 is 5.30. The van der Waals surface area contributed by atoms with Gasteiger partial charge in [0.15, 0.2) is 17.7 Å². The molecule has 9 heteroatoms. The number of aromatic nitrogens is 1. The van der Waals surface area contributed by atoms with Crippen molar-refractivity contribution in [1.82, 2.24) is 0 Å². The average molecular weight is 630 g/mol. The topological polar surface area (TPSA) is 65.5 Å². The van der Waals surface area contributed by atoms with Crippen molar-refractivity contribution in [3.05, 3.63) is 34.5 Å². The number of benzene rings is 1. The third-order valence-electron chi connectivity index (χ3n) is 2.78. The monoisotopic (exact) mass is 630 g/mol. The molecule has 6 nitrogen and oxygen atoms in total. The Bertz CT molecular complexity index is 652. The number of rotatable bonds is 3. The zero-order valence-corrected chi connectivity index (χ0v) is 17.9. The van der Waals surface area contributed by atoms with Gasteiger partial charge in [-0.25, -0.2) is 0 Å². The van der Waals surface area contributed by atoms with Gasteiger partial charge in [-0.3, -0.25) is 10.1 Å². The number of methoxy groups -OCH3 is 2. The Morgan fingerprint density at radius 1 is 1.33 bits per heavy atom. The van der Waals surface area contributed by atoms with Crippen LogP contribution in [0.2, 0.25) is 0 Å². The molecule has 0 saturated heterocycles. The summed E-state index contributed by atoms with van der Waals surface area (Å²) in [4.78, 5) is 10.7. The molecule has 21 heavy (non-hydrogen) atoms. The molecule has 1 heterocycles. The molecular weight excluding hydrogens is 617 g/mol. The van der Waals surface area contributed by atoms with Crippen LogP contribution in [-0.2, 0) is 7.05 Å². The van der Waals surface area contributed by atoms with Crippen molar-refractivity contribution in [3.8, 4) is 11.5 Å². The molecule has 0 aliphatic rings. The van der Waals surface area contributed by atoms with Gasteiger partial charge in [0.05, 0.1) is 30.6 Å². The summed E-state index contributed by atoms with van der Waals surface area (Å²) in [6.45, 7) is 0. The van der Waals surface area contributed by atoms with Crippen molar-refractivity contribution in [3.63, 3.8) is 0 Å². The number of non-ortho nitro benzene ring substituents is 1. The van der Waals surface area contributed by atoms with Crippen molar-refractivity contribution in [2.45, 2.75) is 0 Å². The van der Waals surface area contributed by atoms with E-state index in [0.29, 0.717) is 35.7 Å². The van der Waals surface area contributed by atoms with Crippen LogP contribution in [0.15, 0.2) is 24.4 Å². The molecule has 0 aliphatic heterocycles. The second kappa shape index (κ2) is 9.07. The van der Waals surface area contributed by atoms with Crippen molar-refractivity contribution < 1.29 is 32.2 Å². The number of fused-ring (bicyclic) bond motifs is 1. The van der Waals surface area contributed by atoms with Gasteiger partial charge in [-0.2, -0.15) is 4.57 Å². The quantitative estimate of drug-likeness (QED) is 0.213. The van der Waals surface area contributed by atoms with Crippen LogP contribution in [-0.4, -0.2) is 19.1 Å². The third kappa shape index (κ3) is 4.40. The van der Waals surface area contributed by atoms with Crippen LogP contribution in [0.1, 0.15) is 0 Å². The van der Waals surface area contributed by atoms with E-state index in [-0.39, 0.29) is 5.69 Å². The summed E-state index contributed by atoms with van der Waals surface area (Å²) in [5.41, 5.74) is 0.492. The summed E-state index contributed by atoms with van der Waals surface area (Å²) in [6.07, 6.45) is 1.75. The molecule has 116 valence electrons.